The summed E-state index contributed by atoms with van der Waals surface area (Å²) in [7, 11) is 0. The third kappa shape index (κ3) is 4.27. The number of aliphatic hydroxyl groups is 1. The van der Waals surface area contributed by atoms with Gasteiger partial charge in [0.05, 0.1) is 11.0 Å². The smallest absolute Gasteiger partial charge is 0.269 e. The number of hydrogen-bond acceptors (Lipinski definition) is 4. The molecule has 6 heteroatoms. The highest BCUT2D eigenvalue weighted by molar-refractivity contribution is 5.76. The minimum atomic E-state index is -0.424. The Morgan fingerprint density at radius 2 is 2.14 bits per heavy atom. The molecule has 1 fully saturated rings. The minimum Gasteiger partial charge on any atom is -0.393 e. The third-order valence-electron chi connectivity index (χ3n) is 4.32. The number of amides is 1. The number of likely N-dealkylation sites (tertiary alicyclic amines) is 1. The summed E-state index contributed by atoms with van der Waals surface area (Å²) in [6.07, 6.45) is 2.22. The van der Waals surface area contributed by atoms with Crippen LogP contribution < -0.4 is 0 Å². The van der Waals surface area contributed by atoms with Crippen LogP contribution >= 0.6 is 0 Å². The third-order valence-corrected chi connectivity index (χ3v) is 4.32. The second kappa shape index (κ2) is 7.35. The van der Waals surface area contributed by atoms with E-state index in [0.717, 1.165) is 18.4 Å². The highest BCUT2D eigenvalue weighted by atomic mass is 16.6. The van der Waals surface area contributed by atoms with Gasteiger partial charge in [0.25, 0.3) is 5.69 Å². The molecule has 1 aromatic rings. The summed E-state index contributed by atoms with van der Waals surface area (Å²) in [4.78, 5) is 24.3. The Bertz CT molecular complexity index is 537. The first kappa shape index (κ1) is 16.4. The van der Waals surface area contributed by atoms with Crippen molar-refractivity contribution in [1.82, 2.24) is 4.90 Å². The predicted molar refractivity (Wildman–Crippen MR) is 82.4 cm³/mol. The van der Waals surface area contributed by atoms with Crippen molar-refractivity contribution in [3.8, 4) is 0 Å². The number of carbonyl (C=O) groups excluding carboxylic acids is 1. The molecule has 0 bridgehead atoms. The van der Waals surface area contributed by atoms with Gasteiger partial charge in [-0.3, -0.25) is 14.9 Å². The molecule has 1 heterocycles. The maximum absolute atomic E-state index is 12.2. The monoisotopic (exact) mass is 306 g/mol. The van der Waals surface area contributed by atoms with Crippen molar-refractivity contribution in [3.63, 3.8) is 0 Å². The summed E-state index contributed by atoms with van der Waals surface area (Å²) in [6.45, 7) is 3.16. The van der Waals surface area contributed by atoms with Gasteiger partial charge in [0.2, 0.25) is 5.91 Å². The highest BCUT2D eigenvalue weighted by Crippen LogP contribution is 2.21. The van der Waals surface area contributed by atoms with Crippen molar-refractivity contribution in [2.24, 2.45) is 5.92 Å². The fourth-order valence-electron chi connectivity index (χ4n) is 2.87. The van der Waals surface area contributed by atoms with E-state index in [4.69, 9.17) is 0 Å². The van der Waals surface area contributed by atoms with Crippen molar-refractivity contribution in [1.29, 1.82) is 0 Å². The van der Waals surface area contributed by atoms with Gasteiger partial charge in [-0.15, -0.1) is 0 Å². The van der Waals surface area contributed by atoms with E-state index in [1.165, 1.54) is 12.1 Å². The van der Waals surface area contributed by atoms with Crippen LogP contribution in [0.5, 0.6) is 0 Å². The molecule has 0 saturated carbocycles. The van der Waals surface area contributed by atoms with E-state index >= 15 is 0 Å². The molecular weight excluding hydrogens is 284 g/mol. The Balaban J connectivity index is 1.83. The lowest BCUT2D eigenvalue weighted by molar-refractivity contribution is -0.384. The average Bonchev–Trinajstić information content (AvgIpc) is 2.53. The molecule has 0 aromatic heterocycles. The highest BCUT2D eigenvalue weighted by Gasteiger charge is 2.25. The van der Waals surface area contributed by atoms with Gasteiger partial charge in [-0.2, -0.15) is 0 Å². The normalized spacial score (nSPS) is 17.3. The van der Waals surface area contributed by atoms with Crippen LogP contribution in [0.4, 0.5) is 5.69 Å². The van der Waals surface area contributed by atoms with Crippen LogP contribution in [0.1, 0.15) is 31.7 Å². The number of aryl methyl sites for hydroxylation is 1. The number of nitro benzene ring substituents is 1. The Kier molecular flexibility index (Phi) is 5.49. The number of non-ortho nitro benzene ring substituents is 1. The predicted octanol–water partition coefficient (Wildman–Crippen LogP) is 2.15. The molecule has 1 aliphatic rings. The van der Waals surface area contributed by atoms with Gasteiger partial charge in [0, 0.05) is 31.6 Å². The van der Waals surface area contributed by atoms with Crippen LogP contribution in [-0.2, 0) is 11.2 Å². The fourth-order valence-corrected chi connectivity index (χ4v) is 2.87. The average molecular weight is 306 g/mol. The van der Waals surface area contributed by atoms with Gasteiger partial charge in [-0.1, -0.05) is 12.1 Å². The number of benzene rings is 1. The summed E-state index contributed by atoms with van der Waals surface area (Å²) in [6, 6.07) is 6.42. The number of rotatable bonds is 5. The van der Waals surface area contributed by atoms with Crippen LogP contribution in [-0.4, -0.2) is 40.0 Å². The number of piperidine rings is 1. The molecule has 1 amide bonds. The largest absolute Gasteiger partial charge is 0.393 e. The van der Waals surface area contributed by atoms with Crippen molar-refractivity contribution >= 4 is 11.6 Å². The maximum atomic E-state index is 12.2. The van der Waals surface area contributed by atoms with Gasteiger partial charge in [-0.05, 0) is 37.7 Å². The molecule has 1 N–H and O–H groups in total. The Morgan fingerprint density at radius 1 is 1.45 bits per heavy atom. The van der Waals surface area contributed by atoms with Gasteiger partial charge in [-0.25, -0.2) is 0 Å². The first-order valence-electron chi connectivity index (χ1n) is 7.66. The number of nitro groups is 1. The lowest BCUT2D eigenvalue weighted by atomic mass is 9.92. The van der Waals surface area contributed by atoms with Crippen molar-refractivity contribution in [3.05, 3.63) is 39.9 Å². The second-order valence-corrected chi connectivity index (χ2v) is 5.89. The van der Waals surface area contributed by atoms with Gasteiger partial charge in [0.15, 0.2) is 0 Å². The van der Waals surface area contributed by atoms with Gasteiger partial charge in [0.1, 0.15) is 0 Å². The lowest BCUT2D eigenvalue weighted by Crippen LogP contribution is -2.40. The van der Waals surface area contributed by atoms with Gasteiger partial charge >= 0.3 is 0 Å². The molecule has 1 aromatic carbocycles. The molecule has 22 heavy (non-hydrogen) atoms. The van der Waals surface area contributed by atoms with Crippen molar-refractivity contribution < 1.29 is 14.8 Å². The molecule has 1 aliphatic heterocycles. The maximum Gasteiger partial charge on any atom is 0.269 e. The van der Waals surface area contributed by atoms with E-state index in [1.807, 2.05) is 4.90 Å². The van der Waals surface area contributed by atoms with Crippen LogP contribution in [0.3, 0.4) is 0 Å². The molecule has 1 saturated heterocycles. The van der Waals surface area contributed by atoms with E-state index < -0.39 is 4.92 Å². The Labute approximate surface area is 129 Å². The zero-order valence-electron chi connectivity index (χ0n) is 12.8. The van der Waals surface area contributed by atoms with Crippen molar-refractivity contribution in [2.75, 3.05) is 13.1 Å². The number of carbonyl (C=O) groups is 1. The van der Waals surface area contributed by atoms with Crippen LogP contribution in [0.25, 0.3) is 0 Å². The Morgan fingerprint density at radius 3 is 2.73 bits per heavy atom. The molecule has 1 atom stereocenters. The van der Waals surface area contributed by atoms with E-state index in [9.17, 15) is 20.0 Å². The molecule has 120 valence electrons. The van der Waals surface area contributed by atoms with E-state index in [1.54, 1.807) is 19.1 Å². The summed E-state index contributed by atoms with van der Waals surface area (Å²) in [5.41, 5.74) is 0.865. The zero-order valence-corrected chi connectivity index (χ0v) is 12.8. The van der Waals surface area contributed by atoms with Gasteiger partial charge < -0.3 is 10.0 Å². The Hall–Kier alpha value is -1.95. The number of aliphatic hydroxyl groups excluding tert-OH is 1. The van der Waals surface area contributed by atoms with Crippen LogP contribution in [0, 0.1) is 16.0 Å². The molecule has 1 unspecified atom stereocenters. The quantitative estimate of drug-likeness (QED) is 0.667. The molecule has 0 spiro atoms. The summed E-state index contributed by atoms with van der Waals surface area (Å²) in [5, 5.41) is 20.3. The van der Waals surface area contributed by atoms with E-state index in [2.05, 4.69) is 0 Å². The first-order valence-corrected chi connectivity index (χ1v) is 7.66. The van der Waals surface area contributed by atoms with Crippen LogP contribution in [0.15, 0.2) is 24.3 Å². The minimum absolute atomic E-state index is 0.0581. The topological polar surface area (TPSA) is 83.7 Å². The zero-order chi connectivity index (χ0) is 16.1. The summed E-state index contributed by atoms with van der Waals surface area (Å²) >= 11 is 0. The lowest BCUT2D eigenvalue weighted by Gasteiger charge is -2.33. The van der Waals surface area contributed by atoms with Crippen molar-refractivity contribution in [2.45, 2.75) is 38.7 Å². The number of nitrogens with zero attached hydrogens (tertiary/aromatic N) is 2. The van der Waals surface area contributed by atoms with E-state index in [0.29, 0.717) is 25.9 Å². The molecular formula is C16H22N2O4. The number of hydrogen-bond donors (Lipinski definition) is 1. The molecule has 0 radical (unpaired) electrons. The molecule has 6 nitrogen and oxygen atoms in total. The first-order chi connectivity index (χ1) is 10.5. The molecule has 2 rings (SSSR count). The standard InChI is InChI=1S/C16H22N2O4/c1-12(19)14-7-9-17(10-8-14)16(20)6-5-13-3-2-4-15(11-13)18(21)22/h2-4,11-12,14,19H,5-10H2,1H3. The van der Waals surface area contributed by atoms with E-state index in [-0.39, 0.29) is 23.6 Å². The summed E-state index contributed by atoms with van der Waals surface area (Å²) < 4.78 is 0. The fraction of sp³-hybridized carbons (Fsp3) is 0.562. The van der Waals surface area contributed by atoms with Crippen LogP contribution in [0.2, 0.25) is 0 Å². The molecule has 0 aliphatic carbocycles. The summed E-state index contributed by atoms with van der Waals surface area (Å²) in [5.74, 6) is 0.358. The SMILES string of the molecule is CC(O)C1CCN(C(=O)CCc2cccc([N+](=O)[O-])c2)CC1. The second-order valence-electron chi connectivity index (χ2n) is 5.89.